The summed E-state index contributed by atoms with van der Waals surface area (Å²) < 4.78 is 54.6. The van der Waals surface area contributed by atoms with Crippen molar-refractivity contribution in [2.45, 2.75) is 18.1 Å². The Balaban J connectivity index is 2.15. The normalized spacial score (nSPS) is 13.3. The lowest BCUT2D eigenvalue weighted by molar-refractivity contribution is 0.172. The smallest absolute Gasteiger partial charge is 0.259 e. The molecule has 2 N–H and O–H groups in total. The van der Waals surface area contributed by atoms with E-state index < -0.39 is 39.9 Å². The number of imidazole rings is 1. The van der Waals surface area contributed by atoms with E-state index in [4.69, 9.17) is 0 Å². The molecule has 0 bridgehead atoms. The fraction of sp³-hybridized carbons (Fsp3) is 0.308. The number of nitrogens with zero attached hydrogens (tertiary/aromatic N) is 2. The van der Waals surface area contributed by atoms with Gasteiger partial charge in [0.25, 0.3) is 10.0 Å². The Labute approximate surface area is 126 Å². The average molecular weight is 331 g/mol. The molecule has 9 heteroatoms. The Bertz CT molecular complexity index is 750. The fourth-order valence-corrected chi connectivity index (χ4v) is 2.92. The number of hydrogen-bond donors (Lipinski definition) is 2. The van der Waals surface area contributed by atoms with Crippen LogP contribution in [-0.2, 0) is 17.1 Å². The zero-order valence-electron chi connectivity index (χ0n) is 11.9. The molecule has 0 radical (unpaired) electrons. The molecule has 1 aromatic carbocycles. The summed E-state index contributed by atoms with van der Waals surface area (Å²) in [5.74, 6) is -1.40. The lowest BCUT2D eigenvalue weighted by Gasteiger charge is -2.13. The minimum absolute atomic E-state index is 0.228. The zero-order valence-corrected chi connectivity index (χ0v) is 12.7. The van der Waals surface area contributed by atoms with Crippen LogP contribution in [0.2, 0.25) is 0 Å². The number of aliphatic hydroxyl groups excluding tert-OH is 1. The lowest BCUT2D eigenvalue weighted by Crippen LogP contribution is -2.29. The van der Waals surface area contributed by atoms with Crippen molar-refractivity contribution in [3.8, 4) is 0 Å². The van der Waals surface area contributed by atoms with Crippen molar-refractivity contribution < 1.29 is 22.3 Å². The predicted molar refractivity (Wildman–Crippen MR) is 74.5 cm³/mol. The van der Waals surface area contributed by atoms with Gasteiger partial charge in [-0.05, 0) is 19.1 Å². The van der Waals surface area contributed by atoms with E-state index in [1.54, 1.807) is 14.0 Å². The molecule has 120 valence electrons. The Hall–Kier alpha value is -1.84. The van der Waals surface area contributed by atoms with Crippen molar-refractivity contribution in [1.29, 1.82) is 0 Å². The molecule has 0 aliphatic rings. The maximum atomic E-state index is 13.5. The number of benzene rings is 1. The van der Waals surface area contributed by atoms with Crippen LogP contribution in [0.25, 0.3) is 0 Å². The molecule has 6 nitrogen and oxygen atoms in total. The van der Waals surface area contributed by atoms with Crippen LogP contribution in [0.4, 0.5) is 8.78 Å². The molecular formula is C13H15F2N3O3S. The van der Waals surface area contributed by atoms with Gasteiger partial charge in [-0.3, -0.25) is 0 Å². The summed E-state index contributed by atoms with van der Waals surface area (Å²) in [6, 6.07) is 3.12. The molecule has 0 saturated heterocycles. The van der Waals surface area contributed by atoms with Gasteiger partial charge in [0.15, 0.2) is 5.03 Å². The summed E-state index contributed by atoms with van der Waals surface area (Å²) >= 11 is 0. The van der Waals surface area contributed by atoms with Crippen molar-refractivity contribution in [2.75, 3.05) is 6.54 Å². The van der Waals surface area contributed by atoms with E-state index in [-0.39, 0.29) is 5.03 Å². The van der Waals surface area contributed by atoms with Gasteiger partial charge in [-0.2, -0.15) is 0 Å². The molecular weight excluding hydrogens is 316 g/mol. The van der Waals surface area contributed by atoms with Crippen molar-refractivity contribution in [3.05, 3.63) is 47.4 Å². The van der Waals surface area contributed by atoms with Crippen LogP contribution < -0.4 is 4.72 Å². The SMILES string of the molecule is Cc1nc(S(=O)(=O)NCC(O)c2c(F)cccc2F)cn1C. The second-order valence-electron chi connectivity index (χ2n) is 4.74. The molecule has 0 spiro atoms. The van der Waals surface area contributed by atoms with Gasteiger partial charge in [0.2, 0.25) is 0 Å². The number of nitrogens with one attached hydrogen (secondary N) is 1. The van der Waals surface area contributed by atoms with Crippen molar-refractivity contribution in [1.82, 2.24) is 14.3 Å². The van der Waals surface area contributed by atoms with Crippen LogP contribution >= 0.6 is 0 Å². The van der Waals surface area contributed by atoms with Gasteiger partial charge in [0, 0.05) is 19.8 Å². The van der Waals surface area contributed by atoms with Crippen LogP contribution in [0, 0.1) is 18.6 Å². The molecule has 0 amide bonds. The number of aromatic nitrogens is 2. The maximum Gasteiger partial charge on any atom is 0.259 e. The monoisotopic (exact) mass is 331 g/mol. The Morgan fingerprint density at radius 1 is 1.36 bits per heavy atom. The van der Waals surface area contributed by atoms with Gasteiger partial charge < -0.3 is 9.67 Å². The lowest BCUT2D eigenvalue weighted by atomic mass is 10.1. The average Bonchev–Trinajstić information content (AvgIpc) is 2.77. The van der Waals surface area contributed by atoms with Crippen molar-refractivity contribution in [3.63, 3.8) is 0 Å². The highest BCUT2D eigenvalue weighted by molar-refractivity contribution is 7.89. The van der Waals surface area contributed by atoms with Crippen LogP contribution in [0.3, 0.4) is 0 Å². The van der Waals surface area contributed by atoms with Crippen LogP contribution in [0.1, 0.15) is 17.5 Å². The van der Waals surface area contributed by atoms with Gasteiger partial charge in [0.05, 0.1) is 11.7 Å². The number of sulfonamides is 1. The Kier molecular flexibility index (Phi) is 4.59. The summed E-state index contributed by atoms with van der Waals surface area (Å²) in [5.41, 5.74) is -0.581. The van der Waals surface area contributed by atoms with Gasteiger partial charge in [-0.25, -0.2) is 26.9 Å². The molecule has 2 rings (SSSR count). The summed E-state index contributed by atoms with van der Waals surface area (Å²) in [7, 11) is -2.35. The van der Waals surface area contributed by atoms with Gasteiger partial charge in [-0.1, -0.05) is 6.07 Å². The molecule has 0 fully saturated rings. The van der Waals surface area contributed by atoms with E-state index in [9.17, 15) is 22.3 Å². The van der Waals surface area contributed by atoms with Gasteiger partial charge in [0.1, 0.15) is 17.5 Å². The van der Waals surface area contributed by atoms with Crippen LogP contribution in [-0.4, -0.2) is 29.6 Å². The molecule has 0 aliphatic carbocycles. The third kappa shape index (κ3) is 3.32. The highest BCUT2D eigenvalue weighted by atomic mass is 32.2. The first-order chi connectivity index (χ1) is 10.2. The quantitative estimate of drug-likeness (QED) is 0.857. The first-order valence-electron chi connectivity index (χ1n) is 6.34. The van der Waals surface area contributed by atoms with E-state index in [1.807, 2.05) is 0 Å². The topological polar surface area (TPSA) is 84.2 Å². The van der Waals surface area contributed by atoms with Crippen LogP contribution in [0.5, 0.6) is 0 Å². The molecule has 22 heavy (non-hydrogen) atoms. The Morgan fingerprint density at radius 2 is 1.95 bits per heavy atom. The number of aryl methyl sites for hydroxylation is 2. The third-order valence-corrected chi connectivity index (χ3v) is 4.46. The maximum absolute atomic E-state index is 13.5. The summed E-state index contributed by atoms with van der Waals surface area (Å²) in [6.07, 6.45) is -0.353. The standard InChI is InChI=1S/C13H15F2N3O3S/c1-8-17-12(7-18(8)2)22(20,21)16-6-11(19)13-9(14)4-3-5-10(13)15/h3-5,7,11,16,19H,6H2,1-2H3. The number of hydrogen-bond acceptors (Lipinski definition) is 4. The predicted octanol–water partition coefficient (Wildman–Crippen LogP) is 1.02. The van der Waals surface area contributed by atoms with Gasteiger partial charge in [-0.15, -0.1) is 0 Å². The summed E-state index contributed by atoms with van der Waals surface area (Å²) in [4.78, 5) is 3.85. The van der Waals surface area contributed by atoms with E-state index in [2.05, 4.69) is 9.71 Å². The second kappa shape index (κ2) is 6.11. The molecule has 0 aliphatic heterocycles. The van der Waals surface area contributed by atoms with E-state index >= 15 is 0 Å². The first kappa shape index (κ1) is 16.5. The number of aliphatic hydroxyl groups is 1. The molecule has 0 saturated carbocycles. The first-order valence-corrected chi connectivity index (χ1v) is 7.82. The third-order valence-electron chi connectivity index (χ3n) is 3.16. The van der Waals surface area contributed by atoms with Gasteiger partial charge >= 0.3 is 0 Å². The van der Waals surface area contributed by atoms with E-state index in [0.717, 1.165) is 18.2 Å². The molecule has 1 unspecified atom stereocenters. The molecule has 1 atom stereocenters. The highest BCUT2D eigenvalue weighted by Crippen LogP contribution is 2.20. The van der Waals surface area contributed by atoms with Crippen molar-refractivity contribution in [2.24, 2.45) is 7.05 Å². The molecule has 1 heterocycles. The Morgan fingerprint density at radius 3 is 2.45 bits per heavy atom. The number of halogens is 2. The minimum Gasteiger partial charge on any atom is -0.387 e. The highest BCUT2D eigenvalue weighted by Gasteiger charge is 2.23. The second-order valence-corrected chi connectivity index (χ2v) is 6.45. The zero-order chi connectivity index (χ0) is 16.5. The molecule has 1 aromatic heterocycles. The van der Waals surface area contributed by atoms with E-state index in [0.29, 0.717) is 5.82 Å². The van der Waals surface area contributed by atoms with Crippen LogP contribution in [0.15, 0.2) is 29.4 Å². The van der Waals surface area contributed by atoms with Crippen molar-refractivity contribution >= 4 is 10.0 Å². The summed E-state index contributed by atoms with van der Waals surface area (Å²) in [6.45, 7) is 1.05. The summed E-state index contributed by atoms with van der Waals surface area (Å²) in [5, 5.41) is 9.59. The minimum atomic E-state index is -3.98. The largest absolute Gasteiger partial charge is 0.387 e. The van der Waals surface area contributed by atoms with E-state index in [1.165, 1.54) is 10.8 Å². The molecule has 2 aromatic rings. The number of rotatable bonds is 5. The fourth-order valence-electron chi connectivity index (χ4n) is 1.85.